The largest absolute Gasteiger partial charge is 0.278 e. The smallest absolute Gasteiger partial charge is 0.201 e. The third-order valence-electron chi connectivity index (χ3n) is 3.31. The van der Waals surface area contributed by atoms with Crippen molar-refractivity contribution < 1.29 is 8.42 Å². The molecule has 4 nitrogen and oxygen atoms in total. The SMILES string of the molecule is CN(C)S(=O)(=O)NCC1(c2ccccc2)CC1. The maximum absolute atomic E-state index is 11.7. The van der Waals surface area contributed by atoms with E-state index in [9.17, 15) is 8.42 Å². The van der Waals surface area contributed by atoms with E-state index >= 15 is 0 Å². The molecule has 0 atom stereocenters. The molecule has 0 radical (unpaired) electrons. The minimum atomic E-state index is -3.32. The third kappa shape index (κ3) is 2.68. The number of rotatable bonds is 5. The van der Waals surface area contributed by atoms with Crippen LogP contribution in [0.3, 0.4) is 0 Å². The number of benzene rings is 1. The Hall–Kier alpha value is -0.910. The summed E-state index contributed by atoms with van der Waals surface area (Å²) in [4.78, 5) is 0. The van der Waals surface area contributed by atoms with Gasteiger partial charge in [-0.25, -0.2) is 4.72 Å². The van der Waals surface area contributed by atoms with Crippen LogP contribution in [0.15, 0.2) is 30.3 Å². The van der Waals surface area contributed by atoms with Gasteiger partial charge in [-0.1, -0.05) is 30.3 Å². The summed E-state index contributed by atoms with van der Waals surface area (Å²) in [5.41, 5.74) is 1.24. The van der Waals surface area contributed by atoms with Crippen molar-refractivity contribution in [3.63, 3.8) is 0 Å². The van der Waals surface area contributed by atoms with Crippen molar-refractivity contribution in [3.8, 4) is 0 Å². The Morgan fingerprint density at radius 1 is 1.24 bits per heavy atom. The summed E-state index contributed by atoms with van der Waals surface area (Å²) in [6, 6.07) is 10.1. The lowest BCUT2D eigenvalue weighted by Crippen LogP contribution is -2.39. The fourth-order valence-electron chi connectivity index (χ4n) is 1.87. The Morgan fingerprint density at radius 3 is 2.29 bits per heavy atom. The number of hydrogen-bond acceptors (Lipinski definition) is 2. The van der Waals surface area contributed by atoms with Crippen molar-refractivity contribution in [2.75, 3.05) is 20.6 Å². The number of nitrogens with one attached hydrogen (secondary N) is 1. The van der Waals surface area contributed by atoms with Crippen molar-refractivity contribution in [1.29, 1.82) is 0 Å². The molecule has 0 amide bonds. The Morgan fingerprint density at radius 2 is 1.82 bits per heavy atom. The summed E-state index contributed by atoms with van der Waals surface area (Å²) in [5.74, 6) is 0. The molecule has 94 valence electrons. The zero-order valence-electron chi connectivity index (χ0n) is 10.2. The zero-order chi connectivity index (χ0) is 12.5. The van der Waals surface area contributed by atoms with Crippen LogP contribution in [0, 0.1) is 0 Å². The average Bonchev–Trinajstić information content (AvgIpc) is 3.09. The lowest BCUT2D eigenvalue weighted by atomic mass is 9.96. The molecule has 0 aromatic heterocycles. The van der Waals surface area contributed by atoms with Crippen LogP contribution in [0.25, 0.3) is 0 Å². The topological polar surface area (TPSA) is 49.4 Å². The number of nitrogens with zero attached hydrogens (tertiary/aromatic N) is 1. The first kappa shape index (κ1) is 12.5. The van der Waals surface area contributed by atoms with E-state index in [1.54, 1.807) is 0 Å². The molecule has 1 aliphatic carbocycles. The Balaban J connectivity index is 2.06. The second kappa shape index (κ2) is 4.40. The summed E-state index contributed by atoms with van der Waals surface area (Å²) in [6.07, 6.45) is 2.10. The molecule has 1 saturated carbocycles. The van der Waals surface area contributed by atoms with Gasteiger partial charge in [0.25, 0.3) is 10.2 Å². The molecule has 0 bridgehead atoms. The first-order chi connectivity index (χ1) is 7.96. The van der Waals surface area contributed by atoms with Crippen molar-refractivity contribution in [2.45, 2.75) is 18.3 Å². The van der Waals surface area contributed by atoms with Crippen LogP contribution in [0.5, 0.6) is 0 Å². The predicted molar refractivity (Wildman–Crippen MR) is 68.0 cm³/mol. The fourth-order valence-corrected chi connectivity index (χ4v) is 2.59. The highest BCUT2D eigenvalue weighted by molar-refractivity contribution is 7.87. The van der Waals surface area contributed by atoms with Gasteiger partial charge in [0.15, 0.2) is 0 Å². The molecule has 1 N–H and O–H groups in total. The van der Waals surface area contributed by atoms with Gasteiger partial charge >= 0.3 is 0 Å². The summed E-state index contributed by atoms with van der Waals surface area (Å²) in [5, 5.41) is 0. The van der Waals surface area contributed by atoms with Gasteiger partial charge in [0.2, 0.25) is 0 Å². The highest BCUT2D eigenvalue weighted by Crippen LogP contribution is 2.47. The van der Waals surface area contributed by atoms with Crippen LogP contribution in [0.1, 0.15) is 18.4 Å². The van der Waals surface area contributed by atoms with Crippen molar-refractivity contribution in [3.05, 3.63) is 35.9 Å². The number of hydrogen-bond donors (Lipinski definition) is 1. The first-order valence-electron chi connectivity index (χ1n) is 5.69. The molecule has 0 unspecified atom stereocenters. The average molecular weight is 254 g/mol. The quantitative estimate of drug-likeness (QED) is 0.856. The molecule has 0 heterocycles. The molecule has 5 heteroatoms. The minimum Gasteiger partial charge on any atom is -0.201 e. The van der Waals surface area contributed by atoms with E-state index in [1.165, 1.54) is 24.0 Å². The van der Waals surface area contributed by atoms with Crippen LogP contribution in [0.4, 0.5) is 0 Å². The lowest BCUT2D eigenvalue weighted by molar-refractivity contribution is 0.497. The Labute approximate surface area is 103 Å². The molecule has 1 fully saturated rings. The summed E-state index contributed by atoms with van der Waals surface area (Å²) >= 11 is 0. The molecule has 17 heavy (non-hydrogen) atoms. The van der Waals surface area contributed by atoms with E-state index in [2.05, 4.69) is 16.9 Å². The van der Waals surface area contributed by atoms with E-state index in [-0.39, 0.29) is 5.41 Å². The summed E-state index contributed by atoms with van der Waals surface area (Å²) < 4.78 is 27.2. The molecule has 1 aromatic carbocycles. The Kier molecular flexibility index (Phi) is 3.25. The van der Waals surface area contributed by atoms with E-state index in [4.69, 9.17) is 0 Å². The standard InChI is InChI=1S/C12H18N2O2S/c1-14(2)17(15,16)13-10-12(8-9-12)11-6-4-3-5-7-11/h3-7,13H,8-10H2,1-2H3. The molecule has 2 rings (SSSR count). The first-order valence-corrected chi connectivity index (χ1v) is 7.13. The molecular formula is C12H18N2O2S. The minimum absolute atomic E-state index is 0.0182. The van der Waals surface area contributed by atoms with Crippen LogP contribution in [-0.4, -0.2) is 33.4 Å². The molecule has 0 aliphatic heterocycles. The normalized spacial score (nSPS) is 18.3. The lowest BCUT2D eigenvalue weighted by Gasteiger charge is -2.18. The van der Waals surface area contributed by atoms with Crippen molar-refractivity contribution in [2.24, 2.45) is 0 Å². The van der Waals surface area contributed by atoms with Gasteiger partial charge in [-0.3, -0.25) is 0 Å². The van der Waals surface area contributed by atoms with Crippen molar-refractivity contribution in [1.82, 2.24) is 9.03 Å². The highest BCUT2D eigenvalue weighted by Gasteiger charge is 2.44. The van der Waals surface area contributed by atoms with Crippen LogP contribution < -0.4 is 4.72 Å². The summed E-state index contributed by atoms with van der Waals surface area (Å²) in [7, 11) is -0.252. The van der Waals surface area contributed by atoms with Gasteiger partial charge in [-0.15, -0.1) is 0 Å². The van der Waals surface area contributed by atoms with Gasteiger partial charge in [0.1, 0.15) is 0 Å². The van der Waals surface area contributed by atoms with E-state index in [0.717, 1.165) is 12.8 Å². The highest BCUT2D eigenvalue weighted by atomic mass is 32.2. The third-order valence-corrected chi connectivity index (χ3v) is 4.78. The van der Waals surface area contributed by atoms with E-state index in [1.807, 2.05) is 18.2 Å². The molecule has 0 saturated heterocycles. The van der Waals surface area contributed by atoms with Gasteiger partial charge in [-0.05, 0) is 18.4 Å². The Bertz CT molecular complexity index is 478. The monoisotopic (exact) mass is 254 g/mol. The predicted octanol–water partition coefficient (Wildman–Crippen LogP) is 1.11. The van der Waals surface area contributed by atoms with Crippen LogP contribution in [-0.2, 0) is 15.6 Å². The summed E-state index contributed by atoms with van der Waals surface area (Å²) in [6.45, 7) is 0.484. The van der Waals surface area contributed by atoms with Crippen LogP contribution >= 0.6 is 0 Å². The maximum Gasteiger partial charge on any atom is 0.278 e. The van der Waals surface area contributed by atoms with Crippen molar-refractivity contribution >= 4 is 10.2 Å². The van der Waals surface area contributed by atoms with E-state index < -0.39 is 10.2 Å². The van der Waals surface area contributed by atoms with Gasteiger partial charge < -0.3 is 0 Å². The zero-order valence-corrected chi connectivity index (χ0v) is 11.0. The maximum atomic E-state index is 11.7. The fraction of sp³-hybridized carbons (Fsp3) is 0.500. The van der Waals surface area contributed by atoms with E-state index in [0.29, 0.717) is 6.54 Å². The van der Waals surface area contributed by atoms with Gasteiger partial charge in [0, 0.05) is 26.1 Å². The second-order valence-electron chi connectivity index (χ2n) is 4.75. The molecule has 1 aliphatic rings. The molecule has 1 aromatic rings. The van der Waals surface area contributed by atoms with Gasteiger partial charge in [-0.2, -0.15) is 12.7 Å². The van der Waals surface area contributed by atoms with Gasteiger partial charge in [0.05, 0.1) is 0 Å². The second-order valence-corrected chi connectivity index (χ2v) is 6.72. The van der Waals surface area contributed by atoms with Crippen LogP contribution in [0.2, 0.25) is 0 Å². The molecule has 0 spiro atoms. The molecular weight excluding hydrogens is 236 g/mol.